The number of methoxy groups -OCH3 is 1. The highest BCUT2D eigenvalue weighted by Gasteiger charge is 2.17. The van der Waals surface area contributed by atoms with Crippen molar-refractivity contribution in [3.8, 4) is 10.6 Å². The summed E-state index contributed by atoms with van der Waals surface area (Å²) in [6.07, 6.45) is 0. The van der Waals surface area contributed by atoms with E-state index in [1.54, 1.807) is 19.2 Å². The van der Waals surface area contributed by atoms with Crippen molar-refractivity contribution in [2.24, 2.45) is 0 Å². The lowest BCUT2D eigenvalue weighted by Crippen LogP contribution is -2.11. The number of aromatic carboxylic acids is 1. The smallest absolute Gasteiger partial charge is 0.354 e. The van der Waals surface area contributed by atoms with Crippen molar-refractivity contribution in [1.82, 2.24) is 14.9 Å². The highest BCUT2D eigenvalue weighted by molar-refractivity contribution is 7.19. The van der Waals surface area contributed by atoms with Gasteiger partial charge in [-0.2, -0.15) is 5.10 Å². The van der Waals surface area contributed by atoms with E-state index in [0.29, 0.717) is 34.7 Å². The number of ether oxygens (including phenoxy) is 2. The van der Waals surface area contributed by atoms with E-state index in [0.717, 1.165) is 4.88 Å². The van der Waals surface area contributed by atoms with Gasteiger partial charge in [-0.3, -0.25) is 4.68 Å². The lowest BCUT2D eigenvalue weighted by Gasteiger charge is -2.01. The first-order chi connectivity index (χ1) is 12.6. The summed E-state index contributed by atoms with van der Waals surface area (Å²) in [6.45, 7) is 1.24. The zero-order valence-corrected chi connectivity index (χ0v) is 15.4. The van der Waals surface area contributed by atoms with Gasteiger partial charge in [-0.1, -0.05) is 16.8 Å². The van der Waals surface area contributed by atoms with Crippen LogP contribution in [0.15, 0.2) is 28.8 Å². The van der Waals surface area contributed by atoms with Crippen LogP contribution in [0.5, 0.6) is 0 Å². The molecule has 0 bridgehead atoms. The first kappa shape index (κ1) is 18.6. The van der Waals surface area contributed by atoms with Crippen LogP contribution >= 0.6 is 22.9 Å². The quantitative estimate of drug-likeness (QED) is 0.553. The van der Waals surface area contributed by atoms with Crippen LogP contribution in [0.2, 0.25) is 4.34 Å². The summed E-state index contributed by atoms with van der Waals surface area (Å²) in [5, 5.41) is 17.6. The maximum atomic E-state index is 11.5. The third-order valence-electron chi connectivity index (χ3n) is 3.42. The molecule has 0 aliphatic carbocycles. The molecule has 0 unspecified atom stereocenters. The van der Waals surface area contributed by atoms with E-state index in [4.69, 9.17) is 25.6 Å². The van der Waals surface area contributed by atoms with Gasteiger partial charge in [0.25, 0.3) is 0 Å². The zero-order chi connectivity index (χ0) is 18.5. The van der Waals surface area contributed by atoms with Gasteiger partial charge in [-0.25, -0.2) is 4.79 Å². The first-order valence-corrected chi connectivity index (χ1v) is 8.84. The maximum Gasteiger partial charge on any atom is 0.354 e. The Kier molecular flexibility index (Phi) is 6.04. The fourth-order valence-corrected chi connectivity index (χ4v) is 3.25. The van der Waals surface area contributed by atoms with Crippen molar-refractivity contribution in [3.05, 3.63) is 45.7 Å². The zero-order valence-electron chi connectivity index (χ0n) is 13.8. The average Bonchev–Trinajstić information content (AvgIpc) is 3.32. The molecule has 0 saturated heterocycles. The Morgan fingerprint density at radius 2 is 2.19 bits per heavy atom. The largest absolute Gasteiger partial charge is 0.477 e. The molecule has 0 radical (unpaired) electrons. The van der Waals surface area contributed by atoms with Gasteiger partial charge in [0.15, 0.2) is 5.76 Å². The number of rotatable bonds is 9. The predicted molar refractivity (Wildman–Crippen MR) is 94.6 cm³/mol. The molecular weight excluding hydrogens is 382 g/mol. The minimum absolute atomic E-state index is 0.0547. The number of aromatic nitrogens is 3. The van der Waals surface area contributed by atoms with Gasteiger partial charge in [0.05, 0.1) is 41.3 Å². The highest BCUT2D eigenvalue weighted by Crippen LogP contribution is 2.31. The van der Waals surface area contributed by atoms with E-state index in [1.165, 1.54) is 22.1 Å². The van der Waals surface area contributed by atoms with E-state index in [1.807, 2.05) is 6.07 Å². The van der Waals surface area contributed by atoms with Crippen LogP contribution in [-0.4, -0.2) is 46.3 Å². The van der Waals surface area contributed by atoms with Crippen LogP contribution in [0, 0.1) is 0 Å². The molecule has 0 aromatic carbocycles. The Balaban J connectivity index is 1.73. The third kappa shape index (κ3) is 4.50. The monoisotopic (exact) mass is 397 g/mol. The van der Waals surface area contributed by atoms with Crippen molar-refractivity contribution in [3.63, 3.8) is 0 Å². The SMILES string of the molecule is COCCOCc1cc(C(=O)O)n(Cc2cc(-c3ccc(Cl)s3)on2)n1. The van der Waals surface area contributed by atoms with Gasteiger partial charge in [-0.15, -0.1) is 11.3 Å². The Morgan fingerprint density at radius 1 is 1.35 bits per heavy atom. The van der Waals surface area contributed by atoms with Crippen molar-refractivity contribution >= 4 is 28.9 Å². The third-order valence-corrected chi connectivity index (χ3v) is 4.66. The molecule has 10 heteroatoms. The molecule has 3 aromatic heterocycles. The normalized spacial score (nSPS) is 11.2. The summed E-state index contributed by atoms with van der Waals surface area (Å²) in [7, 11) is 1.58. The molecule has 0 aliphatic rings. The molecule has 3 heterocycles. The van der Waals surface area contributed by atoms with Crippen LogP contribution < -0.4 is 0 Å². The minimum Gasteiger partial charge on any atom is -0.477 e. The van der Waals surface area contributed by atoms with Gasteiger partial charge < -0.3 is 19.1 Å². The molecule has 138 valence electrons. The average molecular weight is 398 g/mol. The van der Waals surface area contributed by atoms with E-state index in [-0.39, 0.29) is 18.8 Å². The molecule has 3 aromatic rings. The second-order valence-electron chi connectivity index (χ2n) is 5.32. The molecule has 0 fully saturated rings. The number of hydrogen-bond donors (Lipinski definition) is 1. The molecule has 1 N–H and O–H groups in total. The minimum atomic E-state index is -1.07. The lowest BCUT2D eigenvalue weighted by atomic mass is 10.3. The van der Waals surface area contributed by atoms with Gasteiger partial charge in [0, 0.05) is 13.2 Å². The molecule has 0 atom stereocenters. The first-order valence-electron chi connectivity index (χ1n) is 7.65. The molecule has 3 rings (SSSR count). The molecule has 0 amide bonds. The summed E-state index contributed by atoms with van der Waals surface area (Å²) in [4.78, 5) is 12.3. The summed E-state index contributed by atoms with van der Waals surface area (Å²) >= 11 is 7.30. The summed E-state index contributed by atoms with van der Waals surface area (Å²) in [5.41, 5.74) is 1.13. The van der Waals surface area contributed by atoms with Crippen LogP contribution in [0.1, 0.15) is 21.9 Å². The van der Waals surface area contributed by atoms with Crippen molar-refractivity contribution in [1.29, 1.82) is 0 Å². The molecule has 0 aliphatic heterocycles. The van der Waals surface area contributed by atoms with E-state index in [2.05, 4.69) is 10.3 Å². The second-order valence-corrected chi connectivity index (χ2v) is 7.03. The fraction of sp³-hybridized carbons (Fsp3) is 0.312. The van der Waals surface area contributed by atoms with Crippen LogP contribution in [-0.2, 0) is 22.6 Å². The van der Waals surface area contributed by atoms with Gasteiger partial charge in [0.2, 0.25) is 0 Å². The molecule has 0 spiro atoms. The highest BCUT2D eigenvalue weighted by atomic mass is 35.5. The standard InChI is InChI=1S/C16H16ClN3O5S/c1-23-4-5-24-9-11-6-12(16(21)22)20(18-11)8-10-7-13(25-19-10)14-2-3-15(17)26-14/h2-3,6-7H,4-5,8-9H2,1H3,(H,21,22). The van der Waals surface area contributed by atoms with Gasteiger partial charge >= 0.3 is 5.97 Å². The van der Waals surface area contributed by atoms with E-state index < -0.39 is 5.97 Å². The van der Waals surface area contributed by atoms with Crippen molar-refractivity contribution in [2.75, 3.05) is 20.3 Å². The lowest BCUT2D eigenvalue weighted by molar-refractivity contribution is 0.0600. The van der Waals surface area contributed by atoms with Crippen LogP contribution in [0.4, 0.5) is 0 Å². The second kappa shape index (κ2) is 8.45. The Hall–Kier alpha value is -2.20. The van der Waals surface area contributed by atoms with E-state index >= 15 is 0 Å². The Morgan fingerprint density at radius 3 is 2.88 bits per heavy atom. The summed E-state index contributed by atoms with van der Waals surface area (Å²) in [5.74, 6) is -0.501. The fourth-order valence-electron chi connectivity index (χ4n) is 2.25. The Bertz CT molecular complexity index is 888. The number of hydrogen-bond acceptors (Lipinski definition) is 7. The molecule has 26 heavy (non-hydrogen) atoms. The number of nitrogens with zero attached hydrogens (tertiary/aromatic N) is 3. The molecular formula is C16H16ClN3O5S. The topological polar surface area (TPSA) is 99.6 Å². The number of carbonyl (C=O) groups is 1. The Labute approximate surface area is 157 Å². The number of carboxylic acid groups (broad SMARTS) is 1. The van der Waals surface area contributed by atoms with Gasteiger partial charge in [0.1, 0.15) is 11.4 Å². The maximum absolute atomic E-state index is 11.5. The number of halogens is 1. The molecule has 0 saturated carbocycles. The number of thiophene rings is 1. The van der Waals surface area contributed by atoms with Crippen molar-refractivity contribution < 1.29 is 23.9 Å². The summed E-state index contributed by atoms with van der Waals surface area (Å²) < 4.78 is 17.6. The molecule has 8 nitrogen and oxygen atoms in total. The van der Waals surface area contributed by atoms with Gasteiger partial charge in [-0.05, 0) is 18.2 Å². The van der Waals surface area contributed by atoms with E-state index in [9.17, 15) is 9.90 Å². The predicted octanol–water partition coefficient (Wildman–Crippen LogP) is 3.16. The van der Waals surface area contributed by atoms with Crippen LogP contribution in [0.25, 0.3) is 10.6 Å². The van der Waals surface area contributed by atoms with Crippen molar-refractivity contribution in [2.45, 2.75) is 13.2 Å². The number of carboxylic acids is 1. The summed E-state index contributed by atoms with van der Waals surface area (Å²) in [6, 6.07) is 6.83. The van der Waals surface area contributed by atoms with Crippen LogP contribution in [0.3, 0.4) is 0 Å².